The predicted molar refractivity (Wildman–Crippen MR) is 110 cm³/mol. The monoisotopic (exact) mass is 455 g/mol. The Hall–Kier alpha value is -2.54. The third-order valence-electron chi connectivity index (χ3n) is 5.02. The van der Waals surface area contributed by atoms with E-state index in [2.05, 4.69) is 25.6 Å². The molecule has 1 saturated carbocycles. The summed E-state index contributed by atoms with van der Waals surface area (Å²) in [5, 5.41) is 35.6. The number of halogens is 3. The van der Waals surface area contributed by atoms with Crippen molar-refractivity contribution in [1.29, 1.82) is 0 Å². The van der Waals surface area contributed by atoms with Crippen LogP contribution in [0.5, 0.6) is 0 Å². The largest absolute Gasteiger partial charge is 0.405 e. The number of anilines is 2. The van der Waals surface area contributed by atoms with Crippen LogP contribution in [0.1, 0.15) is 12.1 Å². The van der Waals surface area contributed by atoms with Gasteiger partial charge in [0.25, 0.3) is 0 Å². The van der Waals surface area contributed by atoms with Gasteiger partial charge in [-0.25, -0.2) is 9.97 Å². The number of benzene rings is 1. The number of aryl methyl sites for hydroxylation is 1. The molecule has 4 rings (SSSR count). The average molecular weight is 455 g/mol. The van der Waals surface area contributed by atoms with Gasteiger partial charge < -0.3 is 26.0 Å². The zero-order valence-corrected chi connectivity index (χ0v) is 17.1. The molecule has 1 aliphatic rings. The van der Waals surface area contributed by atoms with Crippen molar-refractivity contribution in [3.63, 3.8) is 0 Å². The van der Waals surface area contributed by atoms with Gasteiger partial charge >= 0.3 is 6.18 Å². The quantitative estimate of drug-likeness (QED) is 0.397. The van der Waals surface area contributed by atoms with E-state index >= 15 is 0 Å². The van der Waals surface area contributed by atoms with Gasteiger partial charge in [-0.3, -0.25) is 0 Å². The van der Waals surface area contributed by atoms with Crippen molar-refractivity contribution in [3.05, 3.63) is 30.0 Å². The van der Waals surface area contributed by atoms with E-state index in [4.69, 9.17) is 0 Å². The molecule has 31 heavy (non-hydrogen) atoms. The zero-order valence-electron chi connectivity index (χ0n) is 16.3. The molecule has 0 saturated heterocycles. The Balaban J connectivity index is 1.75. The molecular formula is C19H20F3N5O3S. The summed E-state index contributed by atoms with van der Waals surface area (Å²) in [6.07, 6.45) is -8.17. The Morgan fingerprint density at radius 2 is 1.84 bits per heavy atom. The third kappa shape index (κ3) is 4.56. The number of para-hydroxylation sites is 1. The molecule has 1 aliphatic carbocycles. The van der Waals surface area contributed by atoms with Gasteiger partial charge in [-0.2, -0.15) is 18.2 Å². The Labute approximate surface area is 178 Å². The molecule has 12 heteroatoms. The van der Waals surface area contributed by atoms with Crippen LogP contribution in [0.2, 0.25) is 0 Å². The number of nitrogens with zero attached hydrogens (tertiary/aromatic N) is 3. The van der Waals surface area contributed by atoms with Crippen molar-refractivity contribution < 1.29 is 28.5 Å². The second-order valence-electron chi connectivity index (χ2n) is 7.35. The van der Waals surface area contributed by atoms with Gasteiger partial charge in [0.2, 0.25) is 5.95 Å². The highest BCUT2D eigenvalue weighted by atomic mass is 32.1. The molecule has 5 N–H and O–H groups in total. The minimum atomic E-state index is -4.45. The normalized spacial score (nSPS) is 24.0. The number of aliphatic hydroxyl groups excluding tert-OH is 3. The maximum atomic E-state index is 12.6. The molecule has 3 aromatic rings. The number of nitrogens with one attached hydrogen (secondary N) is 2. The van der Waals surface area contributed by atoms with Crippen molar-refractivity contribution in [1.82, 2.24) is 15.0 Å². The first kappa shape index (κ1) is 21.7. The lowest BCUT2D eigenvalue weighted by molar-refractivity contribution is -0.115. The SMILES string of the molecule is Cc1nc(NCC(F)(F)F)nc(NC2CC(O)C(O)C2O)c1-c1nc2ccccc2s1. The molecule has 0 spiro atoms. The van der Waals surface area contributed by atoms with Crippen LogP contribution >= 0.6 is 11.3 Å². The summed E-state index contributed by atoms with van der Waals surface area (Å²) >= 11 is 1.37. The predicted octanol–water partition coefficient (Wildman–Crippen LogP) is 2.30. The molecule has 0 aliphatic heterocycles. The van der Waals surface area contributed by atoms with Gasteiger partial charge in [0, 0.05) is 0 Å². The highest BCUT2D eigenvalue weighted by Crippen LogP contribution is 2.37. The van der Waals surface area contributed by atoms with E-state index in [1.165, 1.54) is 11.3 Å². The second-order valence-corrected chi connectivity index (χ2v) is 8.38. The molecule has 2 heterocycles. The minimum Gasteiger partial charge on any atom is -0.390 e. The van der Waals surface area contributed by atoms with E-state index < -0.39 is 37.1 Å². The van der Waals surface area contributed by atoms with E-state index in [0.29, 0.717) is 16.3 Å². The van der Waals surface area contributed by atoms with Crippen LogP contribution in [0.15, 0.2) is 24.3 Å². The molecular weight excluding hydrogens is 435 g/mol. The lowest BCUT2D eigenvalue weighted by Crippen LogP contribution is -2.36. The molecule has 166 valence electrons. The number of thiazole rings is 1. The summed E-state index contributed by atoms with van der Waals surface area (Å²) in [5.74, 6) is -0.0858. The molecule has 1 fully saturated rings. The van der Waals surface area contributed by atoms with Gasteiger partial charge in [-0.15, -0.1) is 11.3 Å². The van der Waals surface area contributed by atoms with Crippen LogP contribution in [-0.4, -0.2) is 67.3 Å². The number of alkyl halides is 3. The van der Waals surface area contributed by atoms with Crippen molar-refractivity contribution in [2.24, 2.45) is 0 Å². The van der Waals surface area contributed by atoms with E-state index in [-0.39, 0.29) is 18.2 Å². The number of rotatable bonds is 5. The first-order chi connectivity index (χ1) is 14.6. The fourth-order valence-electron chi connectivity index (χ4n) is 3.50. The average Bonchev–Trinajstić information content (AvgIpc) is 3.22. The highest BCUT2D eigenvalue weighted by molar-refractivity contribution is 7.21. The van der Waals surface area contributed by atoms with E-state index in [1.807, 2.05) is 24.3 Å². The topological polar surface area (TPSA) is 123 Å². The standard InChI is InChI=1S/C19H20F3N5O3S/c1-8-13(17-26-9-4-2-3-5-12(9)31-17)16(25-10-6-11(28)15(30)14(10)29)27-18(24-8)23-7-19(20,21)22/h2-5,10-11,14-15,28-30H,6-7H2,1H3,(H2,23,24,25,27). The van der Waals surface area contributed by atoms with Gasteiger partial charge in [-0.05, 0) is 25.5 Å². The van der Waals surface area contributed by atoms with Crippen LogP contribution in [0.4, 0.5) is 24.9 Å². The van der Waals surface area contributed by atoms with E-state index in [9.17, 15) is 28.5 Å². The van der Waals surface area contributed by atoms with Crippen molar-refractivity contribution in [3.8, 4) is 10.6 Å². The molecule has 0 radical (unpaired) electrons. The van der Waals surface area contributed by atoms with Crippen LogP contribution in [0.3, 0.4) is 0 Å². The van der Waals surface area contributed by atoms with Crippen LogP contribution in [-0.2, 0) is 0 Å². The summed E-state index contributed by atoms with van der Waals surface area (Å²) in [6.45, 7) is 0.317. The molecule has 4 atom stereocenters. The summed E-state index contributed by atoms with van der Waals surface area (Å²) in [4.78, 5) is 12.9. The third-order valence-corrected chi connectivity index (χ3v) is 6.07. The fourth-order valence-corrected chi connectivity index (χ4v) is 4.56. The summed E-state index contributed by atoms with van der Waals surface area (Å²) in [7, 11) is 0. The second kappa shape index (κ2) is 8.19. The van der Waals surface area contributed by atoms with Gasteiger partial charge in [0.05, 0.1) is 33.6 Å². The van der Waals surface area contributed by atoms with Crippen LogP contribution < -0.4 is 10.6 Å². The van der Waals surface area contributed by atoms with E-state index in [0.717, 1.165) is 10.2 Å². The van der Waals surface area contributed by atoms with Crippen molar-refractivity contribution in [2.45, 2.75) is 43.9 Å². The molecule has 0 amide bonds. The lowest BCUT2D eigenvalue weighted by Gasteiger charge is -2.21. The van der Waals surface area contributed by atoms with Crippen molar-refractivity contribution >= 4 is 33.3 Å². The minimum absolute atomic E-state index is 0.0377. The Morgan fingerprint density at radius 3 is 2.48 bits per heavy atom. The first-order valence-corrected chi connectivity index (χ1v) is 10.3. The molecule has 1 aromatic carbocycles. The summed E-state index contributed by atoms with van der Waals surface area (Å²) in [5.41, 5.74) is 1.61. The maximum absolute atomic E-state index is 12.6. The van der Waals surface area contributed by atoms with Crippen LogP contribution in [0, 0.1) is 6.92 Å². The maximum Gasteiger partial charge on any atom is 0.405 e. The van der Waals surface area contributed by atoms with Crippen LogP contribution in [0.25, 0.3) is 20.8 Å². The summed E-state index contributed by atoms with van der Waals surface area (Å²) < 4.78 is 38.8. The molecule has 4 unspecified atom stereocenters. The lowest BCUT2D eigenvalue weighted by atomic mass is 10.1. The smallest absolute Gasteiger partial charge is 0.390 e. The molecule has 8 nitrogen and oxygen atoms in total. The first-order valence-electron chi connectivity index (χ1n) is 9.48. The number of hydrogen-bond donors (Lipinski definition) is 5. The van der Waals surface area contributed by atoms with Crippen molar-refractivity contribution in [2.75, 3.05) is 17.2 Å². The number of fused-ring (bicyclic) bond motifs is 1. The Kier molecular flexibility index (Phi) is 5.73. The van der Waals surface area contributed by atoms with Gasteiger partial charge in [0.1, 0.15) is 29.6 Å². The molecule has 2 aromatic heterocycles. The fraction of sp³-hybridized carbons (Fsp3) is 0.421. The number of aliphatic hydroxyl groups is 3. The van der Waals surface area contributed by atoms with Gasteiger partial charge in [0.15, 0.2) is 0 Å². The zero-order chi connectivity index (χ0) is 22.3. The Morgan fingerprint density at radius 1 is 1.10 bits per heavy atom. The van der Waals surface area contributed by atoms with Gasteiger partial charge in [-0.1, -0.05) is 12.1 Å². The Bertz CT molecular complexity index is 1060. The van der Waals surface area contributed by atoms with E-state index in [1.54, 1.807) is 6.92 Å². The number of aromatic nitrogens is 3. The summed E-state index contributed by atoms with van der Waals surface area (Å²) in [6, 6.07) is 6.69. The molecule has 0 bridgehead atoms. The highest BCUT2D eigenvalue weighted by Gasteiger charge is 2.41. The number of hydrogen-bond acceptors (Lipinski definition) is 9.